The van der Waals surface area contributed by atoms with Crippen molar-refractivity contribution in [1.29, 1.82) is 0 Å². The summed E-state index contributed by atoms with van der Waals surface area (Å²) in [7, 11) is 1.60. The van der Waals surface area contributed by atoms with Crippen LogP contribution >= 0.6 is 0 Å². The van der Waals surface area contributed by atoms with Crippen LogP contribution in [-0.2, 0) is 9.53 Å². The first-order valence-electron chi connectivity index (χ1n) is 8.82. The van der Waals surface area contributed by atoms with Crippen molar-refractivity contribution in [2.24, 2.45) is 0 Å². The summed E-state index contributed by atoms with van der Waals surface area (Å²) in [5.74, 6) is 0.595. The van der Waals surface area contributed by atoms with Crippen molar-refractivity contribution in [3.63, 3.8) is 0 Å². The number of furan rings is 1. The zero-order valence-electron chi connectivity index (χ0n) is 15.9. The van der Waals surface area contributed by atoms with E-state index in [9.17, 15) is 9.59 Å². The minimum atomic E-state index is -0.394. The molecule has 1 heterocycles. The first-order valence-corrected chi connectivity index (χ1v) is 8.82. The summed E-state index contributed by atoms with van der Waals surface area (Å²) in [6.45, 7) is 3.58. The Kier molecular flexibility index (Phi) is 5.79. The molecular weight excluding hydrogens is 358 g/mol. The van der Waals surface area contributed by atoms with Crippen LogP contribution < -0.4 is 10.1 Å². The molecule has 0 aliphatic heterocycles. The minimum absolute atomic E-state index is 0.184. The van der Waals surface area contributed by atoms with Gasteiger partial charge >= 0.3 is 5.97 Å². The third-order valence-corrected chi connectivity index (χ3v) is 3.87. The van der Waals surface area contributed by atoms with Crippen LogP contribution in [0.5, 0.6) is 5.75 Å². The summed E-state index contributed by atoms with van der Waals surface area (Å²) in [4.78, 5) is 23.9. The smallest absolute Gasteiger partial charge is 0.338 e. The van der Waals surface area contributed by atoms with Crippen molar-refractivity contribution in [1.82, 2.24) is 0 Å². The lowest BCUT2D eigenvalue weighted by Crippen LogP contribution is -2.12. The molecule has 2 aromatic carbocycles. The van der Waals surface area contributed by atoms with Crippen LogP contribution in [0.3, 0.4) is 0 Å². The number of hydrogen-bond donors (Lipinski definition) is 1. The van der Waals surface area contributed by atoms with Crippen LogP contribution in [-0.4, -0.2) is 25.1 Å². The molecule has 0 atom stereocenters. The molecule has 0 radical (unpaired) electrons. The number of benzene rings is 2. The molecule has 144 valence electrons. The molecule has 1 aromatic heterocycles. The Balaban J connectivity index is 1.62. The van der Waals surface area contributed by atoms with Crippen molar-refractivity contribution in [2.45, 2.75) is 20.0 Å². The number of nitrogens with one attached hydrogen (secondary N) is 1. The van der Waals surface area contributed by atoms with E-state index in [1.54, 1.807) is 51.3 Å². The van der Waals surface area contributed by atoms with Gasteiger partial charge in [-0.1, -0.05) is 0 Å². The predicted octanol–water partition coefficient (Wildman–Crippen LogP) is 4.66. The molecule has 28 heavy (non-hydrogen) atoms. The molecule has 0 spiro atoms. The lowest BCUT2D eigenvalue weighted by molar-refractivity contribution is -0.111. The van der Waals surface area contributed by atoms with Crippen molar-refractivity contribution in [3.05, 3.63) is 65.9 Å². The Hall–Kier alpha value is -3.54. The van der Waals surface area contributed by atoms with E-state index in [1.807, 2.05) is 24.3 Å². The number of fused-ring (bicyclic) bond motifs is 1. The van der Waals surface area contributed by atoms with E-state index < -0.39 is 5.97 Å². The number of methoxy groups -OCH3 is 1. The highest BCUT2D eigenvalue weighted by Crippen LogP contribution is 2.24. The second-order valence-electron chi connectivity index (χ2n) is 6.41. The van der Waals surface area contributed by atoms with E-state index in [-0.39, 0.29) is 12.0 Å². The number of carbonyl (C=O) groups excluding carboxylic acids is 2. The highest BCUT2D eigenvalue weighted by molar-refractivity contribution is 6.02. The fraction of sp³-hybridized carbons (Fsp3) is 0.182. The molecule has 0 fully saturated rings. The first-order chi connectivity index (χ1) is 13.4. The maximum atomic E-state index is 12.1. The molecule has 0 aliphatic carbocycles. The predicted molar refractivity (Wildman–Crippen MR) is 107 cm³/mol. The number of rotatable bonds is 6. The second kappa shape index (κ2) is 8.43. The number of anilines is 1. The molecule has 0 unspecified atom stereocenters. The van der Waals surface area contributed by atoms with Gasteiger partial charge in [0.05, 0.1) is 18.8 Å². The maximum absolute atomic E-state index is 12.1. The fourth-order valence-corrected chi connectivity index (χ4v) is 2.56. The number of ether oxygens (including phenoxy) is 2. The Bertz CT molecular complexity index is 1020. The monoisotopic (exact) mass is 379 g/mol. The Labute approximate surface area is 162 Å². The molecule has 6 heteroatoms. The molecule has 3 aromatic rings. The zero-order valence-corrected chi connectivity index (χ0v) is 15.9. The van der Waals surface area contributed by atoms with Crippen molar-refractivity contribution < 1.29 is 23.5 Å². The van der Waals surface area contributed by atoms with Gasteiger partial charge < -0.3 is 19.2 Å². The highest BCUT2D eigenvalue weighted by Gasteiger charge is 2.09. The molecule has 1 N–H and O–H groups in total. The summed E-state index contributed by atoms with van der Waals surface area (Å²) in [6.07, 6.45) is 2.79. The van der Waals surface area contributed by atoms with E-state index >= 15 is 0 Å². The summed E-state index contributed by atoms with van der Waals surface area (Å²) in [5, 5.41) is 3.62. The molecule has 3 rings (SSSR count). The lowest BCUT2D eigenvalue weighted by Gasteiger charge is -2.08. The molecule has 0 bridgehead atoms. The van der Waals surface area contributed by atoms with Crippen molar-refractivity contribution >= 4 is 34.6 Å². The first kappa shape index (κ1) is 19.2. The quantitative estimate of drug-likeness (QED) is 0.498. The highest BCUT2D eigenvalue weighted by atomic mass is 16.5. The summed E-state index contributed by atoms with van der Waals surface area (Å²) < 4.78 is 16.0. The van der Waals surface area contributed by atoms with Gasteiger partial charge in [-0.15, -0.1) is 0 Å². The average molecular weight is 379 g/mol. The van der Waals surface area contributed by atoms with E-state index in [0.29, 0.717) is 22.6 Å². The third-order valence-electron chi connectivity index (χ3n) is 3.87. The minimum Gasteiger partial charge on any atom is -0.497 e. The van der Waals surface area contributed by atoms with Gasteiger partial charge in [-0.25, -0.2) is 4.79 Å². The van der Waals surface area contributed by atoms with Crippen LogP contribution in [0.1, 0.15) is 30.0 Å². The second-order valence-corrected chi connectivity index (χ2v) is 6.41. The number of carbonyl (C=O) groups is 2. The van der Waals surface area contributed by atoms with Crippen LogP contribution in [0.2, 0.25) is 0 Å². The number of esters is 1. The molecule has 6 nitrogen and oxygen atoms in total. The summed E-state index contributed by atoms with van der Waals surface area (Å²) in [5.41, 5.74) is 1.72. The standard InChI is InChI=1S/C22H21NO5/c1-14(2)27-22(25)15-4-6-17(7-5-15)23-21(24)11-9-19-13-16-12-18(26-3)8-10-20(16)28-19/h4-14H,1-3H3,(H,23,24)/b11-9+. The van der Waals surface area contributed by atoms with E-state index in [1.165, 1.54) is 6.08 Å². The van der Waals surface area contributed by atoms with Gasteiger partial charge in [0.1, 0.15) is 17.1 Å². The maximum Gasteiger partial charge on any atom is 0.338 e. The van der Waals surface area contributed by atoms with Gasteiger partial charge in [0.25, 0.3) is 0 Å². The van der Waals surface area contributed by atoms with Crippen LogP contribution in [0, 0.1) is 0 Å². The Morgan fingerprint density at radius 1 is 1.07 bits per heavy atom. The topological polar surface area (TPSA) is 77.8 Å². The molecule has 0 saturated carbocycles. The summed E-state index contributed by atoms with van der Waals surface area (Å²) in [6, 6.07) is 13.8. The van der Waals surface area contributed by atoms with Gasteiger partial charge in [-0.05, 0) is 68.5 Å². The van der Waals surface area contributed by atoms with Crippen LogP contribution in [0.25, 0.3) is 17.0 Å². The van der Waals surface area contributed by atoms with E-state index in [2.05, 4.69) is 5.32 Å². The zero-order chi connectivity index (χ0) is 20.1. The third kappa shape index (κ3) is 4.79. The average Bonchev–Trinajstić information content (AvgIpc) is 3.08. The van der Waals surface area contributed by atoms with Crippen molar-refractivity contribution in [2.75, 3.05) is 12.4 Å². The van der Waals surface area contributed by atoms with Crippen LogP contribution in [0.4, 0.5) is 5.69 Å². The van der Waals surface area contributed by atoms with Gasteiger partial charge in [0.15, 0.2) is 0 Å². The largest absolute Gasteiger partial charge is 0.497 e. The SMILES string of the molecule is COc1ccc2oc(/C=C/C(=O)Nc3ccc(C(=O)OC(C)C)cc3)cc2c1. The van der Waals surface area contributed by atoms with Gasteiger partial charge in [0.2, 0.25) is 5.91 Å². The van der Waals surface area contributed by atoms with Crippen molar-refractivity contribution in [3.8, 4) is 5.75 Å². The Morgan fingerprint density at radius 2 is 1.82 bits per heavy atom. The van der Waals surface area contributed by atoms with E-state index in [4.69, 9.17) is 13.9 Å². The molecular formula is C22H21NO5. The normalized spacial score (nSPS) is 11.1. The van der Waals surface area contributed by atoms with Gasteiger partial charge in [-0.2, -0.15) is 0 Å². The molecule has 0 aliphatic rings. The lowest BCUT2D eigenvalue weighted by atomic mass is 10.2. The van der Waals surface area contributed by atoms with E-state index in [0.717, 1.165) is 11.1 Å². The fourth-order valence-electron chi connectivity index (χ4n) is 2.56. The number of amides is 1. The van der Waals surface area contributed by atoms with Gasteiger partial charge in [0, 0.05) is 17.1 Å². The van der Waals surface area contributed by atoms with Crippen LogP contribution in [0.15, 0.2) is 59.0 Å². The van der Waals surface area contributed by atoms with Gasteiger partial charge in [-0.3, -0.25) is 4.79 Å². The Morgan fingerprint density at radius 3 is 2.50 bits per heavy atom. The number of hydrogen-bond acceptors (Lipinski definition) is 5. The molecule has 1 amide bonds. The summed E-state index contributed by atoms with van der Waals surface area (Å²) >= 11 is 0. The molecule has 0 saturated heterocycles.